The fraction of sp³-hybridized carbons (Fsp3) is 0.588. The minimum atomic E-state index is -3.02. The Morgan fingerprint density at radius 1 is 1.35 bits per heavy atom. The topological polar surface area (TPSA) is 70.4 Å². The van der Waals surface area contributed by atoms with Crippen molar-refractivity contribution in [3.8, 4) is 11.8 Å². The van der Waals surface area contributed by atoms with Gasteiger partial charge in [-0.2, -0.15) is 5.26 Å². The highest BCUT2D eigenvalue weighted by Crippen LogP contribution is 2.27. The molecule has 2 rings (SSSR count). The average molecular weight is 336 g/mol. The molecule has 0 radical (unpaired) electrons. The molecule has 1 aromatic carbocycles. The lowest BCUT2D eigenvalue weighted by atomic mass is 9.94. The SMILES string of the molecule is CN(CCOc1cccc(C#N)c1)[C@H]1CCCC[C@H]1S(C)(=O)=O. The zero-order chi connectivity index (χ0) is 16.9. The van der Waals surface area contributed by atoms with Crippen molar-refractivity contribution >= 4 is 9.84 Å². The van der Waals surface area contributed by atoms with Crippen LogP contribution in [0.1, 0.15) is 31.2 Å². The first-order chi connectivity index (χ1) is 10.9. The van der Waals surface area contributed by atoms with Crippen molar-refractivity contribution in [2.45, 2.75) is 37.0 Å². The second kappa shape index (κ2) is 7.80. The van der Waals surface area contributed by atoms with Crippen LogP contribution in [0, 0.1) is 11.3 Å². The Labute approximate surface area is 138 Å². The second-order valence-corrected chi connectivity index (χ2v) is 8.45. The molecule has 0 unspecified atom stereocenters. The molecule has 1 aliphatic carbocycles. The van der Waals surface area contributed by atoms with E-state index in [-0.39, 0.29) is 11.3 Å². The van der Waals surface area contributed by atoms with Crippen molar-refractivity contribution in [1.29, 1.82) is 5.26 Å². The van der Waals surface area contributed by atoms with E-state index < -0.39 is 9.84 Å². The van der Waals surface area contributed by atoms with Crippen LogP contribution in [-0.4, -0.2) is 51.1 Å². The summed E-state index contributed by atoms with van der Waals surface area (Å²) in [6, 6.07) is 9.20. The Balaban J connectivity index is 1.90. The monoisotopic (exact) mass is 336 g/mol. The molecule has 0 amide bonds. The maximum atomic E-state index is 12.0. The van der Waals surface area contributed by atoms with Gasteiger partial charge in [-0.1, -0.05) is 18.9 Å². The lowest BCUT2D eigenvalue weighted by molar-refractivity contribution is 0.162. The summed E-state index contributed by atoms with van der Waals surface area (Å²) in [5.41, 5.74) is 0.570. The molecule has 23 heavy (non-hydrogen) atoms. The smallest absolute Gasteiger partial charge is 0.151 e. The maximum absolute atomic E-state index is 12.0. The lowest BCUT2D eigenvalue weighted by Crippen LogP contribution is -2.48. The third kappa shape index (κ3) is 4.95. The quantitative estimate of drug-likeness (QED) is 0.796. The molecule has 0 saturated heterocycles. The number of nitrogens with zero attached hydrogens (tertiary/aromatic N) is 2. The van der Waals surface area contributed by atoms with Crippen molar-refractivity contribution in [1.82, 2.24) is 4.90 Å². The van der Waals surface area contributed by atoms with Crippen molar-refractivity contribution in [3.05, 3.63) is 29.8 Å². The Morgan fingerprint density at radius 3 is 2.78 bits per heavy atom. The van der Waals surface area contributed by atoms with Crippen molar-refractivity contribution in [3.63, 3.8) is 0 Å². The van der Waals surface area contributed by atoms with Crippen LogP contribution in [0.15, 0.2) is 24.3 Å². The number of rotatable bonds is 6. The van der Waals surface area contributed by atoms with Gasteiger partial charge < -0.3 is 4.74 Å². The number of ether oxygens (including phenoxy) is 1. The number of sulfone groups is 1. The van der Waals surface area contributed by atoms with Gasteiger partial charge in [0, 0.05) is 18.8 Å². The van der Waals surface area contributed by atoms with Crippen LogP contribution in [0.2, 0.25) is 0 Å². The molecule has 1 aliphatic rings. The highest BCUT2D eigenvalue weighted by atomic mass is 32.2. The summed E-state index contributed by atoms with van der Waals surface area (Å²) in [6.07, 6.45) is 5.07. The Bertz CT molecular complexity index is 667. The number of benzene rings is 1. The first-order valence-electron chi connectivity index (χ1n) is 7.94. The molecule has 1 saturated carbocycles. The number of likely N-dealkylation sites (N-methyl/N-ethyl adjacent to an activating group) is 1. The van der Waals surface area contributed by atoms with Crippen molar-refractivity contribution in [2.24, 2.45) is 0 Å². The van der Waals surface area contributed by atoms with Gasteiger partial charge in [0.05, 0.1) is 16.9 Å². The molecule has 0 heterocycles. The van der Waals surface area contributed by atoms with Crippen LogP contribution in [0.25, 0.3) is 0 Å². The van der Waals surface area contributed by atoms with E-state index in [1.807, 2.05) is 13.1 Å². The van der Waals surface area contributed by atoms with Crippen LogP contribution in [0.4, 0.5) is 0 Å². The molecule has 1 aromatic rings. The summed E-state index contributed by atoms with van der Waals surface area (Å²) >= 11 is 0. The van der Waals surface area contributed by atoms with Gasteiger partial charge in [0.15, 0.2) is 9.84 Å². The highest BCUT2D eigenvalue weighted by Gasteiger charge is 2.34. The standard InChI is InChI=1S/C17H24N2O3S/c1-19(16-8-3-4-9-17(16)23(2,20)21)10-11-22-15-7-5-6-14(12-15)13-18/h5-7,12,16-17H,3-4,8-11H2,1-2H3/t16-,17+/m0/s1. The molecular formula is C17H24N2O3S. The Kier molecular flexibility index (Phi) is 6.03. The van der Waals surface area contributed by atoms with E-state index in [4.69, 9.17) is 10.00 Å². The minimum absolute atomic E-state index is 0.0628. The van der Waals surface area contributed by atoms with E-state index in [1.54, 1.807) is 18.2 Å². The summed E-state index contributed by atoms with van der Waals surface area (Å²) in [7, 11) is -1.06. The molecule has 1 fully saturated rings. The lowest BCUT2D eigenvalue weighted by Gasteiger charge is -2.36. The summed E-state index contributed by atoms with van der Waals surface area (Å²) in [5, 5.41) is 8.61. The molecule has 0 bridgehead atoms. The number of hydrogen-bond donors (Lipinski definition) is 0. The zero-order valence-electron chi connectivity index (χ0n) is 13.7. The van der Waals surface area contributed by atoms with Gasteiger partial charge in [0.1, 0.15) is 12.4 Å². The van der Waals surface area contributed by atoms with Gasteiger partial charge in [0.2, 0.25) is 0 Å². The van der Waals surface area contributed by atoms with Crippen LogP contribution in [-0.2, 0) is 9.84 Å². The van der Waals surface area contributed by atoms with Gasteiger partial charge in [-0.05, 0) is 38.1 Å². The number of nitriles is 1. The molecule has 5 nitrogen and oxygen atoms in total. The number of hydrogen-bond acceptors (Lipinski definition) is 5. The van der Waals surface area contributed by atoms with E-state index in [2.05, 4.69) is 11.0 Å². The summed E-state index contributed by atoms with van der Waals surface area (Å²) in [5.74, 6) is 0.667. The van der Waals surface area contributed by atoms with Gasteiger partial charge in [0.25, 0.3) is 0 Å². The highest BCUT2D eigenvalue weighted by molar-refractivity contribution is 7.91. The van der Waals surface area contributed by atoms with E-state index in [0.717, 1.165) is 25.7 Å². The summed E-state index contributed by atoms with van der Waals surface area (Å²) < 4.78 is 29.6. The largest absolute Gasteiger partial charge is 0.492 e. The van der Waals surface area contributed by atoms with E-state index >= 15 is 0 Å². The summed E-state index contributed by atoms with van der Waals surface area (Å²) in [4.78, 5) is 2.10. The van der Waals surface area contributed by atoms with Crippen LogP contribution >= 0.6 is 0 Å². The maximum Gasteiger partial charge on any atom is 0.151 e. The molecule has 6 heteroatoms. The first-order valence-corrected chi connectivity index (χ1v) is 9.89. The molecule has 126 valence electrons. The molecule has 0 aromatic heterocycles. The first kappa shape index (κ1) is 17.8. The molecule has 2 atom stereocenters. The normalized spacial score (nSPS) is 21.8. The third-order valence-electron chi connectivity index (χ3n) is 4.46. The van der Waals surface area contributed by atoms with E-state index in [1.165, 1.54) is 6.26 Å². The Morgan fingerprint density at radius 2 is 2.09 bits per heavy atom. The van der Waals surface area contributed by atoms with Crippen molar-refractivity contribution in [2.75, 3.05) is 26.5 Å². The van der Waals surface area contributed by atoms with Gasteiger partial charge in [-0.15, -0.1) is 0 Å². The predicted octanol–water partition coefficient (Wildman–Crippen LogP) is 2.22. The zero-order valence-corrected chi connectivity index (χ0v) is 14.6. The average Bonchev–Trinajstić information content (AvgIpc) is 2.54. The molecule has 0 spiro atoms. The summed E-state index contributed by atoms with van der Waals surface area (Å²) in [6.45, 7) is 1.13. The third-order valence-corrected chi connectivity index (χ3v) is 6.11. The predicted molar refractivity (Wildman–Crippen MR) is 90.2 cm³/mol. The molecule has 0 N–H and O–H groups in total. The minimum Gasteiger partial charge on any atom is -0.492 e. The van der Waals surface area contributed by atoms with Gasteiger partial charge in [-0.3, -0.25) is 4.90 Å². The Hall–Kier alpha value is -1.58. The fourth-order valence-electron chi connectivity index (χ4n) is 3.21. The molecule has 0 aliphatic heterocycles. The van der Waals surface area contributed by atoms with Crippen molar-refractivity contribution < 1.29 is 13.2 Å². The van der Waals surface area contributed by atoms with E-state index in [0.29, 0.717) is 24.5 Å². The van der Waals surface area contributed by atoms with Crippen LogP contribution in [0.5, 0.6) is 5.75 Å². The fourth-order valence-corrected chi connectivity index (χ4v) is 4.72. The van der Waals surface area contributed by atoms with Crippen LogP contribution in [0.3, 0.4) is 0 Å². The van der Waals surface area contributed by atoms with Gasteiger partial charge >= 0.3 is 0 Å². The molecular weight excluding hydrogens is 312 g/mol. The second-order valence-electron chi connectivity index (χ2n) is 6.19. The van der Waals surface area contributed by atoms with E-state index in [9.17, 15) is 8.42 Å². The van der Waals surface area contributed by atoms with Gasteiger partial charge in [-0.25, -0.2) is 8.42 Å². The van der Waals surface area contributed by atoms with Crippen LogP contribution < -0.4 is 4.74 Å².